The summed E-state index contributed by atoms with van der Waals surface area (Å²) in [5.41, 5.74) is -1.24. The minimum absolute atomic E-state index is 0.0436. The van der Waals surface area contributed by atoms with Crippen LogP contribution in [0.4, 0.5) is 28.9 Å². The molecular formula is C19H14F4N2O2S. The van der Waals surface area contributed by atoms with E-state index in [1.807, 2.05) is 0 Å². The highest BCUT2D eigenvalue weighted by atomic mass is 32.1. The molecule has 2 aromatic carbocycles. The molecule has 3 aromatic rings. The quantitative estimate of drug-likeness (QED) is 0.554. The Morgan fingerprint density at radius 2 is 1.79 bits per heavy atom. The van der Waals surface area contributed by atoms with Gasteiger partial charge in [-0.05, 0) is 42.8 Å². The van der Waals surface area contributed by atoms with Crippen LogP contribution in [0.2, 0.25) is 0 Å². The van der Waals surface area contributed by atoms with Crippen molar-refractivity contribution < 1.29 is 27.2 Å². The summed E-state index contributed by atoms with van der Waals surface area (Å²) < 4.78 is 54.8. The standard InChI is InChI=1S/C19H14F4N2O2S/c1-9-16-13(20)4-3-5-15(16)28-17(9)18(27)25-14-7-6-11(24-10(2)26)8-12(14)19(21,22)23/h3-8H,1-2H3,(H,24,26)(H,25,27). The van der Waals surface area contributed by atoms with Crippen LogP contribution in [0, 0.1) is 12.7 Å². The third-order valence-corrected chi connectivity index (χ3v) is 5.26. The van der Waals surface area contributed by atoms with Crippen LogP contribution in [0.5, 0.6) is 0 Å². The topological polar surface area (TPSA) is 58.2 Å². The van der Waals surface area contributed by atoms with Crippen LogP contribution in [0.1, 0.15) is 27.7 Å². The summed E-state index contributed by atoms with van der Waals surface area (Å²) in [6.07, 6.45) is -4.75. The number of carbonyl (C=O) groups is 2. The number of fused-ring (bicyclic) bond motifs is 1. The summed E-state index contributed by atoms with van der Waals surface area (Å²) in [6.45, 7) is 2.72. The smallest absolute Gasteiger partial charge is 0.326 e. The lowest BCUT2D eigenvalue weighted by atomic mass is 10.1. The normalized spacial score (nSPS) is 11.5. The molecule has 1 aromatic heterocycles. The highest BCUT2D eigenvalue weighted by Gasteiger charge is 2.34. The summed E-state index contributed by atoms with van der Waals surface area (Å²) in [5, 5.41) is 4.80. The van der Waals surface area contributed by atoms with Gasteiger partial charge in [-0.2, -0.15) is 13.2 Å². The zero-order valence-corrected chi connectivity index (χ0v) is 15.5. The van der Waals surface area contributed by atoms with Gasteiger partial charge in [0.2, 0.25) is 5.91 Å². The van der Waals surface area contributed by atoms with Gasteiger partial charge in [0.1, 0.15) is 5.82 Å². The lowest BCUT2D eigenvalue weighted by Crippen LogP contribution is -2.17. The van der Waals surface area contributed by atoms with E-state index in [-0.39, 0.29) is 16.0 Å². The fourth-order valence-corrected chi connectivity index (χ4v) is 3.94. The number of rotatable bonds is 3. The number of anilines is 2. The van der Waals surface area contributed by atoms with E-state index in [2.05, 4.69) is 10.6 Å². The van der Waals surface area contributed by atoms with Crippen molar-refractivity contribution in [2.75, 3.05) is 10.6 Å². The summed E-state index contributed by atoms with van der Waals surface area (Å²) in [6, 6.07) is 7.45. The van der Waals surface area contributed by atoms with Crippen molar-refractivity contribution in [1.82, 2.24) is 0 Å². The number of alkyl halides is 3. The second-order valence-electron chi connectivity index (χ2n) is 6.06. The second-order valence-corrected chi connectivity index (χ2v) is 7.11. The summed E-state index contributed by atoms with van der Waals surface area (Å²) in [4.78, 5) is 23.8. The van der Waals surface area contributed by atoms with Crippen LogP contribution in [-0.2, 0) is 11.0 Å². The summed E-state index contributed by atoms with van der Waals surface area (Å²) in [5.74, 6) is -1.79. The van der Waals surface area contributed by atoms with E-state index in [0.29, 0.717) is 10.3 Å². The molecule has 0 atom stereocenters. The monoisotopic (exact) mass is 410 g/mol. The third-order valence-electron chi connectivity index (χ3n) is 4.00. The van der Waals surface area contributed by atoms with Gasteiger partial charge in [0.05, 0.1) is 16.1 Å². The van der Waals surface area contributed by atoms with E-state index in [4.69, 9.17) is 0 Å². The lowest BCUT2D eigenvalue weighted by Gasteiger charge is -2.15. The van der Waals surface area contributed by atoms with Gasteiger partial charge in [0.15, 0.2) is 0 Å². The largest absolute Gasteiger partial charge is 0.418 e. The number of benzene rings is 2. The van der Waals surface area contributed by atoms with Crippen LogP contribution < -0.4 is 10.6 Å². The second kappa shape index (κ2) is 7.23. The maximum atomic E-state index is 14.0. The number of halogens is 4. The molecule has 0 unspecified atom stereocenters. The molecule has 2 N–H and O–H groups in total. The van der Waals surface area contributed by atoms with Gasteiger partial charge in [-0.15, -0.1) is 11.3 Å². The molecule has 4 nitrogen and oxygen atoms in total. The van der Waals surface area contributed by atoms with Crippen molar-refractivity contribution in [2.45, 2.75) is 20.0 Å². The molecule has 146 valence electrons. The molecule has 0 bridgehead atoms. The predicted molar refractivity (Wildman–Crippen MR) is 100 cm³/mol. The molecule has 28 heavy (non-hydrogen) atoms. The average Bonchev–Trinajstić information content (AvgIpc) is 2.93. The Balaban J connectivity index is 1.99. The van der Waals surface area contributed by atoms with Crippen LogP contribution in [-0.4, -0.2) is 11.8 Å². The molecular weight excluding hydrogens is 396 g/mol. The van der Waals surface area contributed by atoms with Crippen molar-refractivity contribution in [3.8, 4) is 0 Å². The van der Waals surface area contributed by atoms with E-state index in [9.17, 15) is 27.2 Å². The van der Waals surface area contributed by atoms with Gasteiger partial charge in [0, 0.05) is 22.7 Å². The first-order valence-electron chi connectivity index (χ1n) is 8.05. The van der Waals surface area contributed by atoms with Gasteiger partial charge >= 0.3 is 6.18 Å². The first-order chi connectivity index (χ1) is 13.1. The fraction of sp³-hybridized carbons (Fsp3) is 0.158. The van der Waals surface area contributed by atoms with Crippen LogP contribution >= 0.6 is 11.3 Å². The SMILES string of the molecule is CC(=O)Nc1ccc(NC(=O)c2sc3cccc(F)c3c2C)c(C(F)(F)F)c1. The van der Waals surface area contributed by atoms with Crippen molar-refractivity contribution in [2.24, 2.45) is 0 Å². The zero-order valence-electron chi connectivity index (χ0n) is 14.7. The number of carbonyl (C=O) groups excluding carboxylic acids is 2. The van der Waals surface area contributed by atoms with Crippen LogP contribution in [0.15, 0.2) is 36.4 Å². The fourth-order valence-electron chi connectivity index (χ4n) is 2.82. The highest BCUT2D eigenvalue weighted by Crippen LogP contribution is 2.38. The number of thiophene rings is 1. The Morgan fingerprint density at radius 3 is 2.39 bits per heavy atom. The van der Waals surface area contributed by atoms with Crippen molar-refractivity contribution in [3.05, 3.63) is 58.2 Å². The molecule has 3 rings (SSSR count). The Hall–Kier alpha value is -2.94. The minimum Gasteiger partial charge on any atom is -0.326 e. The first kappa shape index (κ1) is 19.8. The average molecular weight is 410 g/mol. The maximum absolute atomic E-state index is 14.0. The Kier molecular flexibility index (Phi) is 5.12. The number of nitrogens with one attached hydrogen (secondary N) is 2. The van der Waals surface area contributed by atoms with Gasteiger partial charge in [-0.1, -0.05) is 6.07 Å². The molecule has 0 fully saturated rings. The van der Waals surface area contributed by atoms with Gasteiger partial charge < -0.3 is 10.6 Å². The molecule has 9 heteroatoms. The van der Waals surface area contributed by atoms with Crippen molar-refractivity contribution >= 4 is 44.6 Å². The van der Waals surface area contributed by atoms with E-state index in [1.165, 1.54) is 25.1 Å². The molecule has 0 saturated carbocycles. The van der Waals surface area contributed by atoms with Gasteiger partial charge in [0.25, 0.3) is 5.91 Å². The van der Waals surface area contributed by atoms with Crippen molar-refractivity contribution in [1.29, 1.82) is 0 Å². The molecule has 0 saturated heterocycles. The third kappa shape index (κ3) is 3.84. The van der Waals surface area contributed by atoms with Crippen LogP contribution in [0.3, 0.4) is 0 Å². The number of amides is 2. The molecule has 0 spiro atoms. The Morgan fingerprint density at radius 1 is 1.07 bits per heavy atom. The molecule has 0 aliphatic carbocycles. The van der Waals surface area contributed by atoms with E-state index >= 15 is 0 Å². The van der Waals surface area contributed by atoms with Crippen LogP contribution in [0.25, 0.3) is 10.1 Å². The molecule has 0 aliphatic rings. The molecule has 0 aliphatic heterocycles. The first-order valence-corrected chi connectivity index (χ1v) is 8.87. The Labute approximate surface area is 161 Å². The van der Waals surface area contributed by atoms with Gasteiger partial charge in [-0.3, -0.25) is 9.59 Å². The zero-order chi connectivity index (χ0) is 20.6. The molecule has 0 radical (unpaired) electrons. The maximum Gasteiger partial charge on any atom is 0.418 e. The molecule has 1 heterocycles. The minimum atomic E-state index is -4.75. The molecule has 2 amide bonds. The summed E-state index contributed by atoms with van der Waals surface area (Å²) >= 11 is 1.00. The Bertz CT molecular complexity index is 1090. The predicted octanol–water partition coefficient (Wildman–Crippen LogP) is 5.58. The van der Waals surface area contributed by atoms with E-state index in [1.54, 1.807) is 13.0 Å². The van der Waals surface area contributed by atoms with Gasteiger partial charge in [-0.25, -0.2) is 4.39 Å². The lowest BCUT2D eigenvalue weighted by molar-refractivity contribution is -0.137. The number of hydrogen-bond acceptors (Lipinski definition) is 3. The highest BCUT2D eigenvalue weighted by molar-refractivity contribution is 7.21. The number of aryl methyl sites for hydroxylation is 1. The van der Waals surface area contributed by atoms with E-state index < -0.39 is 35.1 Å². The van der Waals surface area contributed by atoms with E-state index in [0.717, 1.165) is 23.5 Å². The number of hydrogen-bond donors (Lipinski definition) is 2. The van der Waals surface area contributed by atoms with Crippen molar-refractivity contribution in [3.63, 3.8) is 0 Å². The summed E-state index contributed by atoms with van der Waals surface area (Å²) in [7, 11) is 0.